The van der Waals surface area contributed by atoms with Gasteiger partial charge in [0.05, 0.1) is 18.1 Å². The summed E-state index contributed by atoms with van der Waals surface area (Å²) in [6, 6.07) is 6.48. The molecule has 150 valence electrons. The zero-order valence-corrected chi connectivity index (χ0v) is 16.1. The van der Waals surface area contributed by atoms with Crippen LogP contribution in [0.2, 0.25) is 0 Å². The van der Waals surface area contributed by atoms with Crippen LogP contribution in [-0.4, -0.2) is 50.0 Å². The van der Waals surface area contributed by atoms with Crippen LogP contribution in [0.1, 0.15) is 43.1 Å². The molecule has 29 heavy (non-hydrogen) atoms. The Morgan fingerprint density at radius 3 is 2.79 bits per heavy atom. The van der Waals surface area contributed by atoms with Crippen molar-refractivity contribution >= 4 is 10.9 Å². The van der Waals surface area contributed by atoms with Crippen LogP contribution < -0.4 is 14.2 Å². The van der Waals surface area contributed by atoms with Gasteiger partial charge in [0.1, 0.15) is 6.61 Å². The van der Waals surface area contributed by atoms with Crippen molar-refractivity contribution in [2.45, 2.75) is 44.8 Å². The van der Waals surface area contributed by atoms with Gasteiger partial charge in [-0.15, -0.1) is 5.10 Å². The van der Waals surface area contributed by atoms with E-state index in [1.54, 1.807) is 0 Å². The largest absolute Gasteiger partial charge is 0.476 e. The van der Waals surface area contributed by atoms with E-state index in [0.29, 0.717) is 25.1 Å². The van der Waals surface area contributed by atoms with E-state index in [-0.39, 0.29) is 6.79 Å². The lowest BCUT2D eigenvalue weighted by Crippen LogP contribution is -2.27. The molecule has 3 aliphatic rings. The molecule has 1 saturated carbocycles. The Bertz CT molecular complexity index is 1060. The van der Waals surface area contributed by atoms with Crippen LogP contribution in [0.25, 0.3) is 10.9 Å². The lowest BCUT2D eigenvalue weighted by atomic mass is 10.1. The van der Waals surface area contributed by atoms with E-state index < -0.39 is 0 Å². The lowest BCUT2D eigenvalue weighted by molar-refractivity contribution is 0.174. The molecular weight excluding hydrogens is 372 g/mol. The number of ether oxygens (including phenoxy) is 3. The Hall–Kier alpha value is -2.94. The van der Waals surface area contributed by atoms with E-state index in [4.69, 9.17) is 19.2 Å². The summed E-state index contributed by atoms with van der Waals surface area (Å²) in [7, 11) is 0. The highest BCUT2D eigenvalue weighted by Gasteiger charge is 2.25. The van der Waals surface area contributed by atoms with Crippen molar-refractivity contribution in [3.8, 4) is 17.4 Å². The third-order valence-electron chi connectivity index (χ3n) is 5.99. The number of rotatable bonds is 3. The highest BCUT2D eigenvalue weighted by molar-refractivity contribution is 5.84. The van der Waals surface area contributed by atoms with Gasteiger partial charge in [0.25, 0.3) is 0 Å². The fourth-order valence-corrected chi connectivity index (χ4v) is 4.50. The van der Waals surface area contributed by atoms with E-state index in [1.807, 2.05) is 16.8 Å². The molecule has 0 bridgehead atoms. The first-order valence-corrected chi connectivity index (χ1v) is 10.2. The zero-order chi connectivity index (χ0) is 19.2. The van der Waals surface area contributed by atoms with Crippen molar-refractivity contribution in [3.05, 3.63) is 29.6 Å². The van der Waals surface area contributed by atoms with Crippen molar-refractivity contribution in [2.24, 2.45) is 0 Å². The molecule has 1 fully saturated rings. The van der Waals surface area contributed by atoms with Crippen molar-refractivity contribution in [1.29, 1.82) is 0 Å². The van der Waals surface area contributed by atoms with Gasteiger partial charge in [0.2, 0.25) is 12.7 Å². The maximum atomic E-state index is 5.97. The molecule has 2 aromatic heterocycles. The number of fused-ring (bicyclic) bond motifs is 3. The lowest BCUT2D eigenvalue weighted by Gasteiger charge is -2.20. The average Bonchev–Trinajstić information content (AvgIpc) is 3.45. The van der Waals surface area contributed by atoms with Crippen LogP contribution in [-0.2, 0) is 13.1 Å². The van der Waals surface area contributed by atoms with Crippen molar-refractivity contribution in [2.75, 3.05) is 19.9 Å². The zero-order valence-electron chi connectivity index (χ0n) is 16.1. The number of benzene rings is 1. The SMILES string of the molecule is c1c2c(nc3cc4c(cc13)OCO4)OCCN(Cc1nnnn1C1CCCC1)C2. The third kappa shape index (κ3) is 3.05. The van der Waals surface area contributed by atoms with Crippen molar-refractivity contribution in [1.82, 2.24) is 30.1 Å². The third-order valence-corrected chi connectivity index (χ3v) is 5.99. The summed E-state index contributed by atoms with van der Waals surface area (Å²) in [5.74, 6) is 3.12. The predicted molar refractivity (Wildman–Crippen MR) is 103 cm³/mol. The molecule has 6 rings (SSSR count). The molecule has 2 aliphatic heterocycles. The minimum absolute atomic E-state index is 0.255. The maximum Gasteiger partial charge on any atom is 0.231 e. The minimum atomic E-state index is 0.255. The van der Waals surface area contributed by atoms with Crippen LogP contribution in [0, 0.1) is 0 Å². The second-order valence-electron chi connectivity index (χ2n) is 7.89. The summed E-state index contributed by atoms with van der Waals surface area (Å²) in [6.45, 7) is 3.08. The number of tetrazole rings is 1. The Balaban J connectivity index is 1.28. The molecule has 0 spiro atoms. The van der Waals surface area contributed by atoms with Crippen LogP contribution in [0.4, 0.5) is 0 Å². The van der Waals surface area contributed by atoms with Gasteiger partial charge in [-0.05, 0) is 35.4 Å². The molecule has 4 heterocycles. The Kier molecular flexibility index (Phi) is 4.00. The first-order chi connectivity index (χ1) is 14.3. The smallest absolute Gasteiger partial charge is 0.231 e. The van der Waals surface area contributed by atoms with Crippen LogP contribution in [0.15, 0.2) is 18.2 Å². The topological polar surface area (TPSA) is 87.4 Å². The van der Waals surface area contributed by atoms with Gasteiger partial charge in [-0.1, -0.05) is 12.8 Å². The number of aromatic nitrogens is 5. The van der Waals surface area contributed by atoms with E-state index in [9.17, 15) is 0 Å². The van der Waals surface area contributed by atoms with E-state index in [2.05, 4.69) is 26.5 Å². The van der Waals surface area contributed by atoms with Crippen molar-refractivity contribution in [3.63, 3.8) is 0 Å². The first kappa shape index (κ1) is 17.0. The van der Waals surface area contributed by atoms with Crippen LogP contribution in [0.3, 0.4) is 0 Å². The molecule has 1 aliphatic carbocycles. The van der Waals surface area contributed by atoms with E-state index in [0.717, 1.165) is 59.7 Å². The second kappa shape index (κ2) is 6.84. The average molecular weight is 394 g/mol. The standard InChI is InChI=1S/C20H22N6O3/c1-2-4-15(3-1)26-19(22-23-24-26)11-25-5-6-27-20-14(10-25)7-13-8-17-18(29-12-28-17)9-16(13)21-20/h7-9,15H,1-6,10-12H2. The highest BCUT2D eigenvalue weighted by atomic mass is 16.7. The van der Waals surface area contributed by atoms with Crippen LogP contribution >= 0.6 is 0 Å². The summed E-state index contributed by atoms with van der Waals surface area (Å²) >= 11 is 0. The molecule has 0 saturated heterocycles. The normalized spacial score (nSPS) is 19.3. The number of hydrogen-bond donors (Lipinski definition) is 0. The summed E-state index contributed by atoms with van der Waals surface area (Å²) in [5, 5.41) is 13.5. The van der Waals surface area contributed by atoms with Gasteiger partial charge in [-0.25, -0.2) is 9.67 Å². The van der Waals surface area contributed by atoms with E-state index >= 15 is 0 Å². The van der Waals surface area contributed by atoms with Gasteiger partial charge in [-0.2, -0.15) is 0 Å². The molecule has 1 aromatic carbocycles. The van der Waals surface area contributed by atoms with Gasteiger partial charge < -0.3 is 14.2 Å². The molecule has 0 amide bonds. The van der Waals surface area contributed by atoms with Gasteiger partial charge >= 0.3 is 0 Å². The highest BCUT2D eigenvalue weighted by Crippen LogP contribution is 2.37. The quantitative estimate of drug-likeness (QED) is 0.670. The molecular formula is C20H22N6O3. The fourth-order valence-electron chi connectivity index (χ4n) is 4.50. The Morgan fingerprint density at radius 1 is 1.03 bits per heavy atom. The first-order valence-electron chi connectivity index (χ1n) is 10.2. The second-order valence-corrected chi connectivity index (χ2v) is 7.89. The van der Waals surface area contributed by atoms with Crippen LogP contribution in [0.5, 0.6) is 17.4 Å². The monoisotopic (exact) mass is 394 g/mol. The van der Waals surface area contributed by atoms with Crippen molar-refractivity contribution < 1.29 is 14.2 Å². The molecule has 0 atom stereocenters. The van der Waals surface area contributed by atoms with Gasteiger partial charge in [0, 0.05) is 30.1 Å². The molecule has 9 heteroatoms. The number of pyridine rings is 1. The maximum absolute atomic E-state index is 5.97. The molecule has 3 aromatic rings. The van der Waals surface area contributed by atoms with Gasteiger partial charge in [0.15, 0.2) is 17.3 Å². The summed E-state index contributed by atoms with van der Waals surface area (Å²) in [4.78, 5) is 7.06. The molecule has 0 N–H and O–H groups in total. The minimum Gasteiger partial charge on any atom is -0.476 e. The summed E-state index contributed by atoms with van der Waals surface area (Å²) in [6.07, 6.45) is 4.84. The van der Waals surface area contributed by atoms with Gasteiger partial charge in [-0.3, -0.25) is 4.90 Å². The summed E-state index contributed by atoms with van der Waals surface area (Å²) < 4.78 is 19.0. The number of hydrogen-bond acceptors (Lipinski definition) is 8. The Morgan fingerprint density at radius 2 is 1.90 bits per heavy atom. The molecule has 9 nitrogen and oxygen atoms in total. The predicted octanol–water partition coefficient (Wildman–Crippen LogP) is 2.46. The summed E-state index contributed by atoms with van der Waals surface area (Å²) in [5.41, 5.74) is 1.92. The van der Waals surface area contributed by atoms with E-state index in [1.165, 1.54) is 12.8 Å². The molecule has 0 unspecified atom stereocenters. The number of nitrogens with zero attached hydrogens (tertiary/aromatic N) is 6. The fraction of sp³-hybridized carbons (Fsp3) is 0.500. The molecule has 0 radical (unpaired) electrons. The Labute approximate surface area is 167 Å².